The molecule has 2 aromatic rings. The Morgan fingerprint density at radius 3 is 2.38 bits per heavy atom. The van der Waals surface area contributed by atoms with Gasteiger partial charge in [-0.15, -0.1) is 0 Å². The molecule has 3 atom stereocenters. The molecule has 3 unspecified atom stereocenters. The van der Waals surface area contributed by atoms with Gasteiger partial charge in [0.1, 0.15) is 12.1 Å². The molecule has 1 heterocycles. The first-order chi connectivity index (χ1) is 16.1. The molecule has 0 spiro atoms. The number of aromatic amines is 1. The first-order valence-corrected chi connectivity index (χ1v) is 11.0. The SMILES string of the molecule is NC(CS)C(=O)NCC(=O)NC(Cc1c[nH]c2ccccc12)C(=O)NC(CCC(=O)O)C(=O)O. The molecular formula is C21H27N5O7S. The highest BCUT2D eigenvalue weighted by Crippen LogP contribution is 2.19. The van der Waals surface area contributed by atoms with E-state index in [1.54, 1.807) is 12.3 Å². The molecule has 2 rings (SSSR count). The van der Waals surface area contributed by atoms with Crippen LogP contribution in [0.5, 0.6) is 0 Å². The lowest BCUT2D eigenvalue weighted by atomic mass is 10.0. The molecule has 1 aromatic carbocycles. The number of nitrogens with one attached hydrogen (secondary N) is 4. The first kappa shape index (κ1) is 26.7. The zero-order chi connectivity index (χ0) is 25.3. The van der Waals surface area contributed by atoms with Crippen molar-refractivity contribution in [2.24, 2.45) is 5.73 Å². The summed E-state index contributed by atoms with van der Waals surface area (Å²) in [7, 11) is 0. The van der Waals surface area contributed by atoms with Gasteiger partial charge in [-0.3, -0.25) is 19.2 Å². The number of thiol groups is 1. The number of carbonyl (C=O) groups is 5. The summed E-state index contributed by atoms with van der Waals surface area (Å²) in [5.41, 5.74) is 7.04. The Hall–Kier alpha value is -3.58. The van der Waals surface area contributed by atoms with Crippen molar-refractivity contribution in [3.05, 3.63) is 36.0 Å². The zero-order valence-electron chi connectivity index (χ0n) is 18.1. The highest BCUT2D eigenvalue weighted by Gasteiger charge is 2.28. The van der Waals surface area contributed by atoms with Crippen LogP contribution >= 0.6 is 12.6 Å². The third-order valence-electron chi connectivity index (χ3n) is 4.97. The second-order valence-electron chi connectivity index (χ2n) is 7.52. The number of H-pyrrole nitrogens is 1. The number of nitrogens with two attached hydrogens (primary N) is 1. The van der Waals surface area contributed by atoms with Gasteiger partial charge < -0.3 is 36.9 Å². The van der Waals surface area contributed by atoms with E-state index in [1.165, 1.54) is 0 Å². The van der Waals surface area contributed by atoms with Crippen molar-refractivity contribution in [3.8, 4) is 0 Å². The molecule has 0 aliphatic heterocycles. The number of aliphatic carboxylic acids is 2. The number of benzene rings is 1. The van der Waals surface area contributed by atoms with Crippen molar-refractivity contribution in [3.63, 3.8) is 0 Å². The van der Waals surface area contributed by atoms with Gasteiger partial charge in [-0.1, -0.05) is 18.2 Å². The number of hydrogen-bond acceptors (Lipinski definition) is 7. The van der Waals surface area contributed by atoms with Crippen molar-refractivity contribution in [2.45, 2.75) is 37.4 Å². The maximum absolute atomic E-state index is 12.9. The van der Waals surface area contributed by atoms with Crippen LogP contribution in [0.25, 0.3) is 10.9 Å². The molecule has 8 N–H and O–H groups in total. The Balaban J connectivity index is 2.17. The Labute approximate surface area is 200 Å². The molecule has 0 fully saturated rings. The summed E-state index contributed by atoms with van der Waals surface area (Å²) in [6, 6.07) is 3.72. The van der Waals surface area contributed by atoms with Crippen LogP contribution in [-0.4, -0.2) is 75.3 Å². The standard InChI is InChI=1S/C21H27N5O7S/c22-13(10-34)19(30)24-9-17(27)25-16(7-11-8-23-14-4-2-1-3-12(11)14)20(31)26-15(21(32)33)5-6-18(28)29/h1-4,8,13,15-16,23,34H,5-7,9-10,22H2,(H,24,30)(H,25,27)(H,26,31)(H,28,29)(H,32,33). The van der Waals surface area contributed by atoms with Gasteiger partial charge in [0, 0.05) is 35.7 Å². The maximum Gasteiger partial charge on any atom is 0.326 e. The van der Waals surface area contributed by atoms with Crippen LogP contribution in [0.3, 0.4) is 0 Å². The zero-order valence-corrected chi connectivity index (χ0v) is 19.0. The van der Waals surface area contributed by atoms with Crippen molar-refractivity contribution in [1.29, 1.82) is 0 Å². The first-order valence-electron chi connectivity index (χ1n) is 10.4. The minimum absolute atomic E-state index is 0.0109. The fourth-order valence-corrected chi connectivity index (χ4v) is 3.32. The fraction of sp³-hybridized carbons (Fsp3) is 0.381. The molecule has 0 aliphatic carbocycles. The average Bonchev–Trinajstić information content (AvgIpc) is 3.21. The molecule has 13 heteroatoms. The second kappa shape index (κ2) is 12.6. The van der Waals surface area contributed by atoms with Gasteiger partial charge >= 0.3 is 11.9 Å². The van der Waals surface area contributed by atoms with E-state index >= 15 is 0 Å². The number of amides is 3. The summed E-state index contributed by atoms with van der Waals surface area (Å²) < 4.78 is 0. The number of rotatable bonds is 13. The molecule has 184 valence electrons. The van der Waals surface area contributed by atoms with Crippen LogP contribution in [0.1, 0.15) is 18.4 Å². The molecule has 0 radical (unpaired) electrons. The van der Waals surface area contributed by atoms with Gasteiger partial charge in [0.05, 0.1) is 12.6 Å². The minimum Gasteiger partial charge on any atom is -0.481 e. The lowest BCUT2D eigenvalue weighted by molar-refractivity contribution is -0.143. The van der Waals surface area contributed by atoms with Crippen molar-refractivity contribution in [1.82, 2.24) is 20.9 Å². The lowest BCUT2D eigenvalue weighted by Gasteiger charge is -2.21. The second-order valence-corrected chi connectivity index (χ2v) is 7.89. The summed E-state index contributed by atoms with van der Waals surface area (Å²) in [4.78, 5) is 62.5. The molecule has 3 amide bonds. The number of aromatic nitrogens is 1. The highest BCUT2D eigenvalue weighted by atomic mass is 32.1. The third-order valence-corrected chi connectivity index (χ3v) is 5.36. The third kappa shape index (κ3) is 7.78. The van der Waals surface area contributed by atoms with Gasteiger partial charge in [0.15, 0.2) is 0 Å². The van der Waals surface area contributed by atoms with Gasteiger partial charge in [-0.05, 0) is 18.1 Å². The number of para-hydroxylation sites is 1. The summed E-state index contributed by atoms with van der Waals surface area (Å²) in [5.74, 6) is -4.64. The minimum atomic E-state index is -1.46. The van der Waals surface area contributed by atoms with E-state index in [0.29, 0.717) is 5.56 Å². The Morgan fingerprint density at radius 2 is 1.74 bits per heavy atom. The smallest absolute Gasteiger partial charge is 0.326 e. The van der Waals surface area contributed by atoms with Gasteiger partial charge in [-0.25, -0.2) is 4.79 Å². The van der Waals surface area contributed by atoms with E-state index in [9.17, 15) is 29.1 Å². The fourth-order valence-electron chi connectivity index (χ4n) is 3.15. The molecular weight excluding hydrogens is 466 g/mol. The van der Waals surface area contributed by atoms with Crippen LogP contribution in [0, 0.1) is 0 Å². The molecule has 0 bridgehead atoms. The summed E-state index contributed by atoms with van der Waals surface area (Å²) >= 11 is 3.91. The molecule has 0 aliphatic rings. The van der Waals surface area contributed by atoms with Gasteiger partial charge in [-0.2, -0.15) is 12.6 Å². The number of carboxylic acids is 2. The summed E-state index contributed by atoms with van der Waals surface area (Å²) in [6.07, 6.45) is 0.886. The van der Waals surface area contributed by atoms with Gasteiger partial charge in [0.2, 0.25) is 17.7 Å². The Bertz CT molecular complexity index is 1060. The van der Waals surface area contributed by atoms with E-state index in [1.807, 2.05) is 18.2 Å². The van der Waals surface area contributed by atoms with E-state index < -0.39 is 60.8 Å². The molecule has 12 nitrogen and oxygen atoms in total. The van der Waals surface area contributed by atoms with Crippen molar-refractivity contribution in [2.75, 3.05) is 12.3 Å². The number of fused-ring (bicyclic) bond motifs is 1. The topological polar surface area (TPSA) is 204 Å². The predicted molar refractivity (Wildman–Crippen MR) is 125 cm³/mol. The monoisotopic (exact) mass is 493 g/mol. The highest BCUT2D eigenvalue weighted by molar-refractivity contribution is 7.80. The van der Waals surface area contributed by atoms with Crippen molar-refractivity contribution >= 4 is 53.2 Å². The van der Waals surface area contributed by atoms with Crippen LogP contribution in [0.15, 0.2) is 30.5 Å². The number of carbonyl (C=O) groups excluding carboxylic acids is 3. The summed E-state index contributed by atoms with van der Waals surface area (Å²) in [6.45, 7) is -0.459. The predicted octanol–water partition coefficient (Wildman–Crippen LogP) is -0.997. The van der Waals surface area contributed by atoms with E-state index in [0.717, 1.165) is 10.9 Å². The average molecular weight is 494 g/mol. The lowest BCUT2D eigenvalue weighted by Crippen LogP contribution is -2.54. The molecule has 0 saturated carbocycles. The van der Waals surface area contributed by atoms with Crippen LogP contribution in [0.2, 0.25) is 0 Å². The van der Waals surface area contributed by atoms with Crippen molar-refractivity contribution < 1.29 is 34.2 Å². The van der Waals surface area contributed by atoms with E-state index in [2.05, 4.69) is 33.6 Å². The molecule has 34 heavy (non-hydrogen) atoms. The number of carboxylic acid groups (broad SMARTS) is 2. The quantitative estimate of drug-likeness (QED) is 0.162. The summed E-state index contributed by atoms with van der Waals surface area (Å²) in [5, 5.41) is 26.1. The largest absolute Gasteiger partial charge is 0.481 e. The van der Waals surface area contributed by atoms with Crippen LogP contribution < -0.4 is 21.7 Å². The van der Waals surface area contributed by atoms with Gasteiger partial charge in [0.25, 0.3) is 0 Å². The van der Waals surface area contributed by atoms with E-state index in [4.69, 9.17) is 10.8 Å². The number of hydrogen-bond donors (Lipinski definition) is 8. The van der Waals surface area contributed by atoms with Crippen LogP contribution in [-0.2, 0) is 30.4 Å². The maximum atomic E-state index is 12.9. The Kier molecular flexibility index (Phi) is 9.89. The van der Waals surface area contributed by atoms with E-state index in [-0.39, 0.29) is 18.6 Å². The molecule has 0 saturated heterocycles. The molecule has 1 aromatic heterocycles. The Morgan fingerprint density at radius 1 is 1.03 bits per heavy atom. The normalized spacial score (nSPS) is 13.5. The van der Waals surface area contributed by atoms with Crippen LogP contribution in [0.4, 0.5) is 0 Å².